The van der Waals surface area contributed by atoms with Gasteiger partial charge in [0.1, 0.15) is 5.00 Å². The number of thiophene rings is 1. The zero-order valence-electron chi connectivity index (χ0n) is 11.3. The van der Waals surface area contributed by atoms with Crippen LogP contribution in [-0.4, -0.2) is 32.7 Å². The highest BCUT2D eigenvalue weighted by molar-refractivity contribution is 7.19. The maximum atomic E-state index is 12.1. The van der Waals surface area contributed by atoms with Gasteiger partial charge in [0, 0.05) is 19.1 Å². The minimum atomic E-state index is 0.152. The lowest BCUT2D eigenvalue weighted by atomic mass is 10.2. The SMILES string of the molecule is CCOCCNc1sc(C(=O)C2CC2)c(N)c1OC. The molecule has 0 aliphatic heterocycles. The summed E-state index contributed by atoms with van der Waals surface area (Å²) in [6, 6.07) is 0. The minimum absolute atomic E-state index is 0.152. The molecule has 0 atom stereocenters. The fourth-order valence-electron chi connectivity index (χ4n) is 1.84. The van der Waals surface area contributed by atoms with Crippen molar-refractivity contribution in [3.8, 4) is 5.75 Å². The zero-order chi connectivity index (χ0) is 13.8. The quantitative estimate of drug-likeness (QED) is 0.566. The van der Waals surface area contributed by atoms with E-state index in [1.807, 2.05) is 6.92 Å². The summed E-state index contributed by atoms with van der Waals surface area (Å²) in [5, 5.41) is 4.02. The van der Waals surface area contributed by atoms with Crippen LogP contribution < -0.4 is 15.8 Å². The smallest absolute Gasteiger partial charge is 0.178 e. The Kier molecular flexibility index (Phi) is 4.66. The summed E-state index contributed by atoms with van der Waals surface area (Å²) in [7, 11) is 1.57. The summed E-state index contributed by atoms with van der Waals surface area (Å²) >= 11 is 1.38. The second-order valence-electron chi connectivity index (χ2n) is 4.47. The first-order chi connectivity index (χ1) is 9.19. The van der Waals surface area contributed by atoms with E-state index in [0.29, 0.717) is 36.1 Å². The average molecular weight is 284 g/mol. The van der Waals surface area contributed by atoms with Crippen molar-refractivity contribution in [3.63, 3.8) is 0 Å². The van der Waals surface area contributed by atoms with Crippen molar-refractivity contribution in [2.45, 2.75) is 19.8 Å². The number of methoxy groups -OCH3 is 1. The van der Waals surface area contributed by atoms with Crippen LogP contribution in [0.3, 0.4) is 0 Å². The van der Waals surface area contributed by atoms with Gasteiger partial charge in [-0.25, -0.2) is 0 Å². The highest BCUT2D eigenvalue weighted by Crippen LogP contribution is 2.45. The molecule has 106 valence electrons. The Morgan fingerprint density at radius 2 is 2.26 bits per heavy atom. The molecule has 1 aromatic rings. The van der Waals surface area contributed by atoms with Crippen LogP contribution >= 0.6 is 11.3 Å². The molecule has 0 bridgehead atoms. The van der Waals surface area contributed by atoms with E-state index in [1.54, 1.807) is 7.11 Å². The lowest BCUT2D eigenvalue weighted by Crippen LogP contribution is -2.08. The van der Waals surface area contributed by atoms with Crippen LogP contribution in [-0.2, 0) is 4.74 Å². The molecule has 1 saturated carbocycles. The van der Waals surface area contributed by atoms with E-state index < -0.39 is 0 Å². The Hall–Kier alpha value is -1.27. The molecule has 0 unspecified atom stereocenters. The Morgan fingerprint density at radius 1 is 1.53 bits per heavy atom. The summed E-state index contributed by atoms with van der Waals surface area (Å²) in [6.45, 7) is 3.93. The number of nitrogen functional groups attached to an aromatic ring is 1. The maximum absolute atomic E-state index is 12.1. The molecular weight excluding hydrogens is 264 g/mol. The van der Waals surface area contributed by atoms with Crippen molar-refractivity contribution in [1.82, 2.24) is 0 Å². The van der Waals surface area contributed by atoms with Crippen LogP contribution in [0, 0.1) is 5.92 Å². The number of Topliss-reactive ketones (excluding diaryl/α,β-unsaturated/α-hetero) is 1. The average Bonchev–Trinajstić information content (AvgIpc) is 3.19. The van der Waals surface area contributed by atoms with Gasteiger partial charge in [0.25, 0.3) is 0 Å². The molecule has 1 heterocycles. The normalized spacial score (nSPS) is 14.4. The molecule has 1 aromatic heterocycles. The molecule has 0 amide bonds. The first-order valence-electron chi connectivity index (χ1n) is 6.51. The number of ketones is 1. The van der Waals surface area contributed by atoms with E-state index in [0.717, 1.165) is 17.8 Å². The lowest BCUT2D eigenvalue weighted by Gasteiger charge is -2.06. The van der Waals surface area contributed by atoms with Crippen molar-refractivity contribution < 1.29 is 14.3 Å². The van der Waals surface area contributed by atoms with E-state index in [2.05, 4.69) is 5.32 Å². The van der Waals surface area contributed by atoms with Gasteiger partial charge in [-0.2, -0.15) is 0 Å². The molecule has 1 aliphatic rings. The summed E-state index contributed by atoms with van der Waals surface area (Å²) < 4.78 is 10.6. The number of carbonyl (C=O) groups is 1. The third kappa shape index (κ3) is 3.19. The maximum Gasteiger partial charge on any atom is 0.178 e. The van der Waals surface area contributed by atoms with E-state index in [4.69, 9.17) is 15.2 Å². The van der Waals surface area contributed by atoms with Crippen LogP contribution in [0.25, 0.3) is 0 Å². The number of carbonyl (C=O) groups excluding carboxylic acids is 1. The van der Waals surface area contributed by atoms with Crippen molar-refractivity contribution >= 4 is 27.8 Å². The van der Waals surface area contributed by atoms with Gasteiger partial charge < -0.3 is 20.5 Å². The molecule has 3 N–H and O–H groups in total. The molecule has 2 rings (SSSR count). The van der Waals surface area contributed by atoms with Gasteiger partial charge in [-0.1, -0.05) is 0 Å². The number of ether oxygens (including phenoxy) is 2. The summed E-state index contributed by atoms with van der Waals surface area (Å²) in [6.07, 6.45) is 1.96. The van der Waals surface area contributed by atoms with Gasteiger partial charge >= 0.3 is 0 Å². The highest BCUT2D eigenvalue weighted by Gasteiger charge is 2.34. The predicted molar refractivity (Wildman–Crippen MR) is 77.3 cm³/mol. The van der Waals surface area contributed by atoms with Crippen LogP contribution in [0.4, 0.5) is 10.7 Å². The summed E-state index contributed by atoms with van der Waals surface area (Å²) in [5.41, 5.74) is 6.47. The van der Waals surface area contributed by atoms with Crippen molar-refractivity contribution in [3.05, 3.63) is 4.88 Å². The number of hydrogen-bond acceptors (Lipinski definition) is 6. The molecule has 19 heavy (non-hydrogen) atoms. The summed E-state index contributed by atoms with van der Waals surface area (Å²) in [4.78, 5) is 12.7. The van der Waals surface area contributed by atoms with E-state index in [9.17, 15) is 4.79 Å². The molecule has 0 spiro atoms. The molecule has 6 heteroatoms. The second-order valence-corrected chi connectivity index (χ2v) is 5.49. The molecular formula is C13H20N2O3S. The monoisotopic (exact) mass is 284 g/mol. The first kappa shape index (κ1) is 14.1. The van der Waals surface area contributed by atoms with Crippen molar-refractivity contribution in [2.24, 2.45) is 5.92 Å². The fraction of sp³-hybridized carbons (Fsp3) is 0.615. The lowest BCUT2D eigenvalue weighted by molar-refractivity contribution is 0.0972. The molecule has 1 aliphatic carbocycles. The Morgan fingerprint density at radius 3 is 2.84 bits per heavy atom. The first-order valence-corrected chi connectivity index (χ1v) is 7.32. The number of nitrogens with one attached hydrogen (secondary N) is 1. The highest BCUT2D eigenvalue weighted by atomic mass is 32.1. The largest absolute Gasteiger partial charge is 0.492 e. The van der Waals surface area contributed by atoms with Gasteiger partial charge in [0.2, 0.25) is 0 Å². The van der Waals surface area contributed by atoms with Crippen LogP contribution in [0.15, 0.2) is 0 Å². The molecule has 0 aromatic carbocycles. The third-order valence-electron chi connectivity index (χ3n) is 3.01. The van der Waals surface area contributed by atoms with Crippen molar-refractivity contribution in [2.75, 3.05) is 37.9 Å². The van der Waals surface area contributed by atoms with Crippen molar-refractivity contribution in [1.29, 1.82) is 0 Å². The number of anilines is 2. The van der Waals surface area contributed by atoms with Gasteiger partial charge in [-0.3, -0.25) is 4.79 Å². The van der Waals surface area contributed by atoms with E-state index >= 15 is 0 Å². The Bertz CT molecular complexity index is 455. The van der Waals surface area contributed by atoms with E-state index in [-0.39, 0.29) is 11.7 Å². The van der Waals surface area contributed by atoms with Crippen LogP contribution in [0.1, 0.15) is 29.4 Å². The topological polar surface area (TPSA) is 73.6 Å². The molecule has 0 saturated heterocycles. The van der Waals surface area contributed by atoms with Gasteiger partial charge in [0.15, 0.2) is 11.5 Å². The number of rotatable bonds is 8. The number of hydrogen-bond donors (Lipinski definition) is 2. The predicted octanol–water partition coefficient (Wildman–Crippen LogP) is 2.38. The van der Waals surface area contributed by atoms with E-state index in [1.165, 1.54) is 11.3 Å². The zero-order valence-corrected chi connectivity index (χ0v) is 12.1. The molecule has 0 radical (unpaired) electrons. The Labute approximate surface area is 117 Å². The molecule has 5 nitrogen and oxygen atoms in total. The summed E-state index contributed by atoms with van der Waals surface area (Å²) in [5.74, 6) is 0.895. The second kappa shape index (κ2) is 6.25. The van der Waals surface area contributed by atoms with Gasteiger partial charge in [-0.15, -0.1) is 11.3 Å². The molecule has 1 fully saturated rings. The standard InChI is InChI=1S/C13H20N2O3S/c1-3-18-7-6-15-13-11(17-2)9(14)12(19-13)10(16)8-4-5-8/h8,15H,3-7,14H2,1-2H3. The fourth-order valence-corrected chi connectivity index (χ4v) is 2.98. The minimum Gasteiger partial charge on any atom is -0.492 e. The van der Waals surface area contributed by atoms with Crippen LogP contribution in [0.5, 0.6) is 5.75 Å². The van der Waals surface area contributed by atoms with Gasteiger partial charge in [-0.05, 0) is 19.8 Å². The number of nitrogens with two attached hydrogens (primary N) is 1. The van der Waals surface area contributed by atoms with Gasteiger partial charge in [0.05, 0.1) is 24.3 Å². The van der Waals surface area contributed by atoms with Crippen LogP contribution in [0.2, 0.25) is 0 Å². The Balaban J connectivity index is 2.08. The third-order valence-corrected chi connectivity index (χ3v) is 4.17.